The molecule has 1 rings (SSSR count). The summed E-state index contributed by atoms with van der Waals surface area (Å²) in [5, 5.41) is 0. The lowest BCUT2D eigenvalue weighted by Gasteiger charge is -1.88. The van der Waals surface area contributed by atoms with E-state index < -0.39 is 0 Å². The van der Waals surface area contributed by atoms with E-state index in [4.69, 9.17) is 0 Å². The minimum Gasteiger partial charge on any atom is -0.0959 e. The van der Waals surface area contributed by atoms with E-state index in [-0.39, 0.29) is 0 Å². The average Bonchev–Trinajstić information content (AvgIpc) is 2.08. The minimum absolute atomic E-state index is 1.06. The van der Waals surface area contributed by atoms with Crippen molar-refractivity contribution in [2.45, 2.75) is 26.7 Å². The lowest BCUT2D eigenvalue weighted by Crippen LogP contribution is -1.67. The predicted octanol–water partition coefficient (Wildman–Crippen LogP) is 4.03. The second kappa shape index (κ2) is 6.66. The van der Waals surface area contributed by atoms with Crippen LogP contribution in [0.25, 0.3) is 0 Å². The van der Waals surface area contributed by atoms with Gasteiger partial charge in [0.25, 0.3) is 0 Å². The molecule has 0 aliphatic heterocycles. The molecular formula is C12H18. The molecule has 0 aromatic rings. The fourth-order valence-electron chi connectivity index (χ4n) is 0.542. The number of hydrogen-bond acceptors (Lipinski definition) is 0. The smallest absolute Gasteiger partial charge is 0.0313 e. The Labute approximate surface area is 76.0 Å². The van der Waals surface area contributed by atoms with Crippen LogP contribution >= 0.6 is 0 Å². The summed E-state index contributed by atoms with van der Waals surface area (Å²) in [5.74, 6) is 0. The third kappa shape index (κ3) is 7.07. The van der Waals surface area contributed by atoms with Gasteiger partial charge in [0.15, 0.2) is 0 Å². The van der Waals surface area contributed by atoms with Gasteiger partial charge in [0, 0.05) is 0 Å². The van der Waals surface area contributed by atoms with Gasteiger partial charge in [0.1, 0.15) is 0 Å². The summed E-state index contributed by atoms with van der Waals surface area (Å²) in [7, 11) is 0. The van der Waals surface area contributed by atoms with E-state index in [2.05, 4.69) is 37.5 Å². The first-order valence-corrected chi connectivity index (χ1v) is 4.27. The number of allylic oxidation sites excluding steroid dienone is 6. The fourth-order valence-corrected chi connectivity index (χ4v) is 0.542. The average molecular weight is 162 g/mol. The summed E-state index contributed by atoms with van der Waals surface area (Å²) >= 11 is 0. The lowest BCUT2D eigenvalue weighted by molar-refractivity contribution is 1.04. The van der Waals surface area contributed by atoms with Gasteiger partial charge in [-0.1, -0.05) is 48.6 Å². The molecule has 0 unspecified atom stereocenters. The van der Waals surface area contributed by atoms with Crippen LogP contribution in [0.5, 0.6) is 0 Å². The molecule has 0 spiro atoms. The Kier molecular flexibility index (Phi) is 6.08. The molecule has 0 amide bonds. The molecule has 1 aliphatic rings. The van der Waals surface area contributed by atoms with Gasteiger partial charge >= 0.3 is 0 Å². The maximum atomic E-state index is 3.66. The molecule has 1 aliphatic carbocycles. The predicted molar refractivity (Wildman–Crippen MR) is 57.1 cm³/mol. The van der Waals surface area contributed by atoms with Gasteiger partial charge in [0.05, 0.1) is 0 Å². The largest absolute Gasteiger partial charge is 0.0959 e. The second-order valence-electron chi connectivity index (χ2n) is 2.99. The summed E-state index contributed by atoms with van der Waals surface area (Å²) in [6.07, 6.45) is 11.0. The van der Waals surface area contributed by atoms with Crippen molar-refractivity contribution < 1.29 is 0 Å². The van der Waals surface area contributed by atoms with E-state index in [0.29, 0.717) is 0 Å². The highest BCUT2D eigenvalue weighted by Gasteiger charge is 1.77. The Morgan fingerprint density at radius 3 is 1.33 bits per heavy atom. The quantitative estimate of drug-likeness (QED) is 0.511. The molecule has 0 bridgehead atoms. The van der Waals surface area contributed by atoms with Crippen molar-refractivity contribution in [1.82, 2.24) is 0 Å². The van der Waals surface area contributed by atoms with Crippen LogP contribution in [0.3, 0.4) is 0 Å². The highest BCUT2D eigenvalue weighted by Crippen LogP contribution is 1.98. The van der Waals surface area contributed by atoms with Gasteiger partial charge in [-0.15, -0.1) is 0 Å². The van der Waals surface area contributed by atoms with Crippen LogP contribution in [0, 0.1) is 0 Å². The Balaban J connectivity index is 0.000000202. The van der Waals surface area contributed by atoms with Crippen molar-refractivity contribution in [3.63, 3.8) is 0 Å². The normalized spacial score (nSPS) is 13.2. The zero-order valence-electron chi connectivity index (χ0n) is 8.14. The SMILES string of the molecule is C1=CCCC=C1.C=C(C)C(=C)C. The van der Waals surface area contributed by atoms with Crippen LogP contribution in [-0.4, -0.2) is 0 Å². The Morgan fingerprint density at radius 1 is 0.917 bits per heavy atom. The van der Waals surface area contributed by atoms with Crippen LogP contribution in [-0.2, 0) is 0 Å². The summed E-state index contributed by atoms with van der Waals surface area (Å²) in [6, 6.07) is 0. The monoisotopic (exact) mass is 162 g/mol. The van der Waals surface area contributed by atoms with E-state index >= 15 is 0 Å². The Hall–Kier alpha value is -1.04. The maximum absolute atomic E-state index is 3.66. The van der Waals surface area contributed by atoms with Crippen molar-refractivity contribution in [2.75, 3.05) is 0 Å². The highest BCUT2D eigenvalue weighted by atomic mass is 13.8. The zero-order valence-corrected chi connectivity index (χ0v) is 8.14. The van der Waals surface area contributed by atoms with Gasteiger partial charge < -0.3 is 0 Å². The van der Waals surface area contributed by atoms with E-state index in [9.17, 15) is 0 Å². The maximum Gasteiger partial charge on any atom is -0.0313 e. The summed E-state index contributed by atoms with van der Waals surface area (Å²) < 4.78 is 0. The molecule has 0 heteroatoms. The van der Waals surface area contributed by atoms with Crippen molar-refractivity contribution in [2.24, 2.45) is 0 Å². The third-order valence-corrected chi connectivity index (χ3v) is 1.61. The first-order chi connectivity index (χ1) is 5.64. The van der Waals surface area contributed by atoms with Gasteiger partial charge in [-0.25, -0.2) is 0 Å². The van der Waals surface area contributed by atoms with Crippen molar-refractivity contribution in [3.05, 3.63) is 48.6 Å². The first kappa shape index (κ1) is 11.0. The van der Waals surface area contributed by atoms with E-state index in [1.807, 2.05) is 13.8 Å². The molecule has 0 saturated carbocycles. The standard InChI is InChI=1S/C6H8.C6H10/c1-2-4-6-5-3-1;1-5(2)6(3)4/h1-4H,5-6H2;1,3H2,2,4H3. The summed E-state index contributed by atoms with van der Waals surface area (Å²) in [6.45, 7) is 11.2. The second-order valence-corrected chi connectivity index (χ2v) is 2.99. The Morgan fingerprint density at radius 2 is 1.25 bits per heavy atom. The molecule has 0 atom stereocenters. The van der Waals surface area contributed by atoms with Crippen molar-refractivity contribution >= 4 is 0 Å². The van der Waals surface area contributed by atoms with E-state index in [1.54, 1.807) is 0 Å². The molecule has 66 valence electrons. The molecule has 0 saturated heterocycles. The molecule has 0 heterocycles. The Bertz CT molecular complexity index is 180. The highest BCUT2D eigenvalue weighted by molar-refractivity contribution is 5.19. The fraction of sp³-hybridized carbons (Fsp3) is 0.333. The van der Waals surface area contributed by atoms with Crippen molar-refractivity contribution in [3.8, 4) is 0 Å². The zero-order chi connectivity index (χ0) is 9.40. The van der Waals surface area contributed by atoms with Gasteiger partial charge in [-0.05, 0) is 26.7 Å². The molecule has 0 N–H and O–H groups in total. The summed E-state index contributed by atoms with van der Waals surface area (Å²) in [5.41, 5.74) is 2.13. The molecule has 0 radical (unpaired) electrons. The molecule has 0 nitrogen and oxygen atoms in total. The number of rotatable bonds is 1. The van der Waals surface area contributed by atoms with Crippen LogP contribution in [0.4, 0.5) is 0 Å². The van der Waals surface area contributed by atoms with E-state index in [0.717, 1.165) is 11.1 Å². The van der Waals surface area contributed by atoms with Crippen LogP contribution in [0.2, 0.25) is 0 Å². The molecule has 12 heavy (non-hydrogen) atoms. The van der Waals surface area contributed by atoms with Crippen LogP contribution in [0.15, 0.2) is 48.6 Å². The molecule has 0 fully saturated rings. The minimum atomic E-state index is 1.06. The first-order valence-electron chi connectivity index (χ1n) is 4.27. The third-order valence-electron chi connectivity index (χ3n) is 1.61. The van der Waals surface area contributed by atoms with Gasteiger partial charge in [-0.3, -0.25) is 0 Å². The summed E-state index contributed by atoms with van der Waals surface area (Å²) in [4.78, 5) is 0. The van der Waals surface area contributed by atoms with Crippen LogP contribution < -0.4 is 0 Å². The van der Waals surface area contributed by atoms with Crippen LogP contribution in [0.1, 0.15) is 26.7 Å². The molecule has 0 aromatic carbocycles. The lowest BCUT2D eigenvalue weighted by atomic mass is 10.2. The van der Waals surface area contributed by atoms with E-state index in [1.165, 1.54) is 12.8 Å². The van der Waals surface area contributed by atoms with Gasteiger partial charge in [0.2, 0.25) is 0 Å². The molecular weight excluding hydrogens is 144 g/mol. The molecule has 0 aromatic heterocycles. The number of hydrogen-bond donors (Lipinski definition) is 0. The van der Waals surface area contributed by atoms with Crippen molar-refractivity contribution in [1.29, 1.82) is 0 Å². The topological polar surface area (TPSA) is 0 Å². The van der Waals surface area contributed by atoms with Gasteiger partial charge in [-0.2, -0.15) is 0 Å².